The molecule has 9 heteroatoms. The lowest BCUT2D eigenvalue weighted by molar-refractivity contribution is 0.0671. The van der Waals surface area contributed by atoms with Crippen LogP contribution in [0.1, 0.15) is 15.9 Å². The van der Waals surface area contributed by atoms with E-state index < -0.39 is 5.76 Å². The summed E-state index contributed by atoms with van der Waals surface area (Å²) in [4.78, 5) is 28.8. The number of nitrogens with one attached hydrogen (secondary N) is 1. The molecule has 2 aromatic carbocycles. The smallest absolute Gasteiger partial charge is 0.321 e. The van der Waals surface area contributed by atoms with Gasteiger partial charge in [-0.25, -0.2) is 4.79 Å². The van der Waals surface area contributed by atoms with Crippen LogP contribution >= 0.6 is 23.4 Å². The number of thioether (sulfide) groups is 1. The Morgan fingerprint density at radius 1 is 1.03 bits per heavy atom. The number of halogens is 3. The van der Waals surface area contributed by atoms with Crippen molar-refractivity contribution < 1.29 is 18.4 Å². The quantitative estimate of drug-likeness (QED) is 0.685. The van der Waals surface area contributed by atoms with E-state index in [1.165, 1.54) is 12.1 Å². The van der Waals surface area contributed by atoms with Crippen molar-refractivity contribution in [1.29, 1.82) is 0 Å². The number of urea groups is 1. The van der Waals surface area contributed by atoms with Crippen LogP contribution in [0, 0.1) is 6.92 Å². The van der Waals surface area contributed by atoms with E-state index in [2.05, 4.69) is 5.32 Å². The van der Waals surface area contributed by atoms with Gasteiger partial charge in [0.15, 0.2) is 0 Å². The number of benzene rings is 2. The second-order valence-corrected chi connectivity index (χ2v) is 8.05. The van der Waals surface area contributed by atoms with Crippen molar-refractivity contribution in [1.82, 2.24) is 9.80 Å². The molecule has 0 aliphatic carbocycles. The molecule has 0 saturated carbocycles. The van der Waals surface area contributed by atoms with E-state index in [1.54, 1.807) is 34.1 Å². The maximum Gasteiger partial charge on any atom is 0.321 e. The lowest BCUT2D eigenvalue weighted by Gasteiger charge is -2.34. The average molecular weight is 440 g/mol. The van der Waals surface area contributed by atoms with Crippen LogP contribution in [0.15, 0.2) is 47.4 Å². The molecule has 1 aliphatic heterocycles. The van der Waals surface area contributed by atoms with Gasteiger partial charge in [-0.2, -0.15) is 8.78 Å². The number of hydrogen-bond acceptors (Lipinski definition) is 3. The summed E-state index contributed by atoms with van der Waals surface area (Å²) in [5.41, 5.74) is 1.99. The molecular formula is C20H20ClF2N3O2S. The van der Waals surface area contributed by atoms with Crippen molar-refractivity contribution in [2.24, 2.45) is 0 Å². The SMILES string of the molecule is Cc1ccc(NC(=O)N2CCN(C(=O)c3ccc(SC(F)F)cc3)CC2)cc1Cl. The van der Waals surface area contributed by atoms with Gasteiger partial charge in [-0.3, -0.25) is 4.79 Å². The van der Waals surface area contributed by atoms with E-state index in [0.717, 1.165) is 5.56 Å². The number of amides is 3. The Morgan fingerprint density at radius 2 is 1.66 bits per heavy atom. The Morgan fingerprint density at radius 3 is 2.24 bits per heavy atom. The molecule has 29 heavy (non-hydrogen) atoms. The number of nitrogens with zero attached hydrogens (tertiary/aromatic N) is 2. The number of aryl methyl sites for hydroxylation is 1. The van der Waals surface area contributed by atoms with Crippen molar-refractivity contribution in [3.05, 3.63) is 58.6 Å². The van der Waals surface area contributed by atoms with Crippen molar-refractivity contribution >= 4 is 41.0 Å². The number of alkyl halides is 2. The third kappa shape index (κ3) is 5.61. The highest BCUT2D eigenvalue weighted by molar-refractivity contribution is 7.99. The molecule has 0 radical (unpaired) electrons. The van der Waals surface area contributed by atoms with Crippen LogP contribution in [-0.2, 0) is 0 Å². The van der Waals surface area contributed by atoms with Crippen molar-refractivity contribution in [3.63, 3.8) is 0 Å². The summed E-state index contributed by atoms with van der Waals surface area (Å²) in [6.07, 6.45) is 0. The zero-order valence-electron chi connectivity index (χ0n) is 15.7. The van der Waals surface area contributed by atoms with Crippen molar-refractivity contribution in [2.45, 2.75) is 17.6 Å². The second kappa shape index (κ2) is 9.45. The summed E-state index contributed by atoms with van der Waals surface area (Å²) in [6, 6.07) is 11.2. The summed E-state index contributed by atoms with van der Waals surface area (Å²) in [5.74, 6) is -2.67. The summed E-state index contributed by atoms with van der Waals surface area (Å²) in [5, 5.41) is 3.39. The van der Waals surface area contributed by atoms with Gasteiger partial charge in [0.25, 0.3) is 11.7 Å². The highest BCUT2D eigenvalue weighted by Crippen LogP contribution is 2.25. The fourth-order valence-electron chi connectivity index (χ4n) is 2.95. The van der Waals surface area contributed by atoms with Crippen LogP contribution in [0.4, 0.5) is 19.3 Å². The Kier molecular flexibility index (Phi) is 6.97. The predicted molar refractivity (Wildman–Crippen MR) is 111 cm³/mol. The van der Waals surface area contributed by atoms with E-state index in [4.69, 9.17) is 11.6 Å². The van der Waals surface area contributed by atoms with E-state index in [0.29, 0.717) is 59.1 Å². The minimum absolute atomic E-state index is 0.177. The first kappa shape index (κ1) is 21.4. The molecule has 1 aliphatic rings. The third-order valence-corrected chi connectivity index (χ3v) is 5.73. The third-order valence-electron chi connectivity index (χ3n) is 4.60. The number of carbonyl (C=O) groups excluding carboxylic acids is 2. The zero-order chi connectivity index (χ0) is 21.0. The van der Waals surface area contributed by atoms with Gasteiger partial charge in [-0.1, -0.05) is 29.4 Å². The molecule has 0 bridgehead atoms. The Balaban J connectivity index is 1.53. The molecule has 0 unspecified atom stereocenters. The maximum atomic E-state index is 12.6. The van der Waals surface area contributed by atoms with Crippen LogP contribution in [0.3, 0.4) is 0 Å². The zero-order valence-corrected chi connectivity index (χ0v) is 17.3. The summed E-state index contributed by atoms with van der Waals surface area (Å²) in [7, 11) is 0. The molecule has 0 aromatic heterocycles. The van der Waals surface area contributed by atoms with Crippen LogP contribution in [0.5, 0.6) is 0 Å². The summed E-state index contributed by atoms with van der Waals surface area (Å²) in [6.45, 7) is 3.48. The molecular weight excluding hydrogens is 420 g/mol. The van der Waals surface area contributed by atoms with E-state index in [9.17, 15) is 18.4 Å². The number of carbonyl (C=O) groups is 2. The van der Waals surface area contributed by atoms with Gasteiger partial charge < -0.3 is 15.1 Å². The molecule has 0 spiro atoms. The lowest BCUT2D eigenvalue weighted by atomic mass is 10.2. The fourth-order valence-corrected chi connectivity index (χ4v) is 3.63. The molecule has 154 valence electrons. The largest absolute Gasteiger partial charge is 0.335 e. The minimum Gasteiger partial charge on any atom is -0.335 e. The molecule has 3 rings (SSSR count). The van der Waals surface area contributed by atoms with E-state index >= 15 is 0 Å². The summed E-state index contributed by atoms with van der Waals surface area (Å²) < 4.78 is 24.8. The highest BCUT2D eigenvalue weighted by Gasteiger charge is 2.25. The number of rotatable bonds is 4. The van der Waals surface area contributed by atoms with Crippen LogP contribution in [-0.4, -0.2) is 53.7 Å². The Labute approximate surface area is 177 Å². The Hall–Kier alpha value is -2.32. The number of piperazine rings is 1. The highest BCUT2D eigenvalue weighted by atomic mass is 35.5. The van der Waals surface area contributed by atoms with E-state index in [1.807, 2.05) is 13.0 Å². The van der Waals surface area contributed by atoms with Gasteiger partial charge in [0.2, 0.25) is 0 Å². The second-order valence-electron chi connectivity index (χ2n) is 6.58. The first-order valence-electron chi connectivity index (χ1n) is 9.00. The molecule has 1 heterocycles. The van der Waals surface area contributed by atoms with Crippen molar-refractivity contribution in [2.75, 3.05) is 31.5 Å². The number of anilines is 1. The molecule has 5 nitrogen and oxygen atoms in total. The van der Waals surface area contributed by atoms with Gasteiger partial charge >= 0.3 is 6.03 Å². The van der Waals surface area contributed by atoms with Crippen LogP contribution in [0.25, 0.3) is 0 Å². The summed E-state index contributed by atoms with van der Waals surface area (Å²) >= 11 is 6.52. The van der Waals surface area contributed by atoms with Gasteiger partial charge in [-0.15, -0.1) is 0 Å². The topological polar surface area (TPSA) is 52.7 Å². The standard InChI is InChI=1S/C20H20ClF2N3O2S/c1-13-2-5-15(12-17(13)21)24-20(28)26-10-8-25(9-11-26)18(27)14-3-6-16(7-4-14)29-19(22)23/h2-7,12,19H,8-11H2,1H3,(H,24,28). The first-order chi connectivity index (χ1) is 13.8. The lowest BCUT2D eigenvalue weighted by Crippen LogP contribution is -2.51. The Bertz CT molecular complexity index is 888. The number of hydrogen-bond donors (Lipinski definition) is 1. The monoisotopic (exact) mass is 439 g/mol. The average Bonchev–Trinajstić information content (AvgIpc) is 2.70. The minimum atomic E-state index is -2.49. The maximum absolute atomic E-state index is 12.6. The van der Waals surface area contributed by atoms with Gasteiger partial charge in [-0.05, 0) is 48.9 Å². The molecule has 1 saturated heterocycles. The molecule has 1 fully saturated rings. The molecule has 0 atom stereocenters. The van der Waals surface area contributed by atoms with Crippen LogP contribution in [0.2, 0.25) is 5.02 Å². The predicted octanol–water partition coefficient (Wildman–Crippen LogP) is 4.95. The molecule has 2 aromatic rings. The first-order valence-corrected chi connectivity index (χ1v) is 10.3. The van der Waals surface area contributed by atoms with Crippen LogP contribution < -0.4 is 5.32 Å². The normalized spacial score (nSPS) is 14.2. The fraction of sp³-hybridized carbons (Fsp3) is 0.300. The molecule has 1 N–H and O–H groups in total. The van der Waals surface area contributed by atoms with Crippen molar-refractivity contribution in [3.8, 4) is 0 Å². The van der Waals surface area contributed by atoms with Gasteiger partial charge in [0.05, 0.1) is 0 Å². The molecule has 3 amide bonds. The van der Waals surface area contributed by atoms with E-state index in [-0.39, 0.29) is 11.9 Å². The van der Waals surface area contributed by atoms with Gasteiger partial charge in [0, 0.05) is 47.3 Å². The van der Waals surface area contributed by atoms with Gasteiger partial charge in [0.1, 0.15) is 0 Å².